The van der Waals surface area contributed by atoms with Crippen molar-refractivity contribution in [1.82, 2.24) is 0 Å². The van der Waals surface area contributed by atoms with Crippen LogP contribution < -0.4 is 18.9 Å². The van der Waals surface area contributed by atoms with Gasteiger partial charge in [-0.2, -0.15) is 0 Å². The number of carboxylic acid groups (broad SMARTS) is 1. The third kappa shape index (κ3) is 3.08. The molecule has 0 saturated carbocycles. The summed E-state index contributed by atoms with van der Waals surface area (Å²) in [5.41, 5.74) is 1.45. The van der Waals surface area contributed by atoms with E-state index < -0.39 is 11.9 Å². The number of rotatable bonds is 6. The zero-order chi connectivity index (χ0) is 17.1. The minimum Gasteiger partial charge on any atom is -0.497 e. The summed E-state index contributed by atoms with van der Waals surface area (Å²) in [7, 11) is 3.12. The van der Waals surface area contributed by atoms with Gasteiger partial charge >= 0.3 is 5.97 Å². The number of fused-ring (bicyclic) bond motifs is 1. The maximum atomic E-state index is 11.8. The van der Waals surface area contributed by atoms with E-state index in [1.165, 1.54) is 0 Å². The van der Waals surface area contributed by atoms with Crippen LogP contribution in [0.4, 0.5) is 0 Å². The second-order valence-electron chi connectivity index (χ2n) is 5.39. The average Bonchev–Trinajstić information content (AvgIpc) is 3.06. The Balaban J connectivity index is 1.91. The summed E-state index contributed by atoms with van der Waals surface area (Å²) in [6.45, 7) is 0.156. The van der Waals surface area contributed by atoms with Gasteiger partial charge in [-0.3, -0.25) is 4.79 Å². The Morgan fingerprint density at radius 3 is 2.62 bits per heavy atom. The number of ether oxygens (including phenoxy) is 4. The zero-order valence-corrected chi connectivity index (χ0v) is 13.4. The zero-order valence-electron chi connectivity index (χ0n) is 13.4. The van der Waals surface area contributed by atoms with Crippen molar-refractivity contribution in [2.45, 2.75) is 12.3 Å². The number of benzene rings is 2. The summed E-state index contributed by atoms with van der Waals surface area (Å²) in [5.74, 6) is 0.825. The van der Waals surface area contributed by atoms with Gasteiger partial charge in [0.1, 0.15) is 11.5 Å². The summed E-state index contributed by atoms with van der Waals surface area (Å²) < 4.78 is 21.1. The molecule has 1 heterocycles. The molecular weight excluding hydrogens is 312 g/mol. The van der Waals surface area contributed by atoms with Crippen LogP contribution in [0.25, 0.3) is 0 Å². The van der Waals surface area contributed by atoms with E-state index in [4.69, 9.17) is 18.9 Å². The van der Waals surface area contributed by atoms with Gasteiger partial charge in [0.15, 0.2) is 11.5 Å². The highest BCUT2D eigenvalue weighted by atomic mass is 16.7. The first-order chi connectivity index (χ1) is 11.6. The fourth-order valence-electron chi connectivity index (χ4n) is 2.72. The van der Waals surface area contributed by atoms with Crippen LogP contribution in [0.1, 0.15) is 17.0 Å². The molecular formula is C18H18O6. The molecule has 0 aliphatic carbocycles. The summed E-state index contributed by atoms with van der Waals surface area (Å²) in [6, 6.07) is 10.6. The van der Waals surface area contributed by atoms with E-state index in [2.05, 4.69) is 0 Å². The van der Waals surface area contributed by atoms with Gasteiger partial charge in [-0.05, 0) is 35.7 Å². The maximum absolute atomic E-state index is 11.8. The van der Waals surface area contributed by atoms with Gasteiger partial charge in [-0.15, -0.1) is 0 Å². The van der Waals surface area contributed by atoms with Crippen LogP contribution in [-0.2, 0) is 11.2 Å². The second-order valence-corrected chi connectivity index (χ2v) is 5.39. The number of carbonyl (C=O) groups is 1. The normalized spacial score (nSPS) is 13.4. The quantitative estimate of drug-likeness (QED) is 0.878. The third-order valence-electron chi connectivity index (χ3n) is 4.02. The average molecular weight is 330 g/mol. The van der Waals surface area contributed by atoms with Crippen molar-refractivity contribution < 1.29 is 28.8 Å². The van der Waals surface area contributed by atoms with Gasteiger partial charge in [0, 0.05) is 6.07 Å². The fraction of sp³-hybridized carbons (Fsp3) is 0.278. The fourth-order valence-corrected chi connectivity index (χ4v) is 2.72. The van der Waals surface area contributed by atoms with Gasteiger partial charge in [0.25, 0.3) is 0 Å². The summed E-state index contributed by atoms with van der Waals surface area (Å²) in [4.78, 5) is 11.8. The number of aliphatic carboxylic acids is 1. The molecule has 6 heteroatoms. The first-order valence-corrected chi connectivity index (χ1v) is 7.45. The Morgan fingerprint density at radius 1 is 1.12 bits per heavy atom. The molecule has 2 aromatic carbocycles. The van der Waals surface area contributed by atoms with Crippen LogP contribution in [0.2, 0.25) is 0 Å². The van der Waals surface area contributed by atoms with E-state index in [1.54, 1.807) is 44.6 Å². The van der Waals surface area contributed by atoms with Crippen molar-refractivity contribution in [2.75, 3.05) is 21.0 Å². The molecule has 0 fully saturated rings. The Labute approximate surface area is 139 Å². The molecule has 1 aliphatic rings. The number of methoxy groups -OCH3 is 2. The lowest BCUT2D eigenvalue weighted by Gasteiger charge is -2.16. The molecule has 1 atom stereocenters. The van der Waals surface area contributed by atoms with E-state index in [-0.39, 0.29) is 6.79 Å². The third-order valence-corrected chi connectivity index (χ3v) is 4.02. The molecule has 126 valence electrons. The molecule has 1 aliphatic heterocycles. The SMILES string of the molecule is COc1ccc(CC(C(=O)O)c2ccc3c(c2)OCO3)c(OC)c1. The van der Waals surface area contributed by atoms with Crippen LogP contribution in [0.5, 0.6) is 23.0 Å². The molecule has 3 rings (SSSR count). The number of hydrogen-bond donors (Lipinski definition) is 1. The second kappa shape index (κ2) is 6.70. The van der Waals surface area contributed by atoms with E-state index >= 15 is 0 Å². The van der Waals surface area contributed by atoms with E-state index in [0.717, 1.165) is 5.56 Å². The van der Waals surface area contributed by atoms with Crippen LogP contribution in [-0.4, -0.2) is 32.1 Å². The molecule has 0 bridgehead atoms. The van der Waals surface area contributed by atoms with Crippen molar-refractivity contribution >= 4 is 5.97 Å². The summed E-state index contributed by atoms with van der Waals surface area (Å²) in [5, 5.41) is 9.66. The van der Waals surface area contributed by atoms with Gasteiger partial charge in [0.2, 0.25) is 6.79 Å². The highest BCUT2D eigenvalue weighted by molar-refractivity contribution is 5.77. The van der Waals surface area contributed by atoms with E-state index in [9.17, 15) is 9.90 Å². The van der Waals surface area contributed by atoms with Crippen molar-refractivity contribution in [3.63, 3.8) is 0 Å². The topological polar surface area (TPSA) is 74.2 Å². The van der Waals surface area contributed by atoms with Crippen LogP contribution in [0.15, 0.2) is 36.4 Å². The maximum Gasteiger partial charge on any atom is 0.311 e. The lowest BCUT2D eigenvalue weighted by atomic mass is 9.91. The smallest absolute Gasteiger partial charge is 0.311 e. The Morgan fingerprint density at radius 2 is 1.92 bits per heavy atom. The van der Waals surface area contributed by atoms with Gasteiger partial charge in [-0.1, -0.05) is 12.1 Å². The van der Waals surface area contributed by atoms with Crippen molar-refractivity contribution in [3.8, 4) is 23.0 Å². The molecule has 0 amide bonds. The van der Waals surface area contributed by atoms with Crippen LogP contribution in [0.3, 0.4) is 0 Å². The van der Waals surface area contributed by atoms with Gasteiger partial charge < -0.3 is 24.1 Å². The highest BCUT2D eigenvalue weighted by Gasteiger charge is 2.25. The molecule has 0 aromatic heterocycles. The van der Waals surface area contributed by atoms with Crippen molar-refractivity contribution in [3.05, 3.63) is 47.5 Å². The van der Waals surface area contributed by atoms with E-state index in [0.29, 0.717) is 35.0 Å². The molecule has 1 unspecified atom stereocenters. The lowest BCUT2D eigenvalue weighted by molar-refractivity contribution is -0.138. The Bertz CT molecular complexity index is 755. The van der Waals surface area contributed by atoms with Crippen LogP contribution in [0, 0.1) is 0 Å². The molecule has 0 radical (unpaired) electrons. The standard InChI is InChI=1S/C18H18O6/c1-21-13-5-3-12(16(9-13)22-2)7-14(18(19)20)11-4-6-15-17(8-11)24-10-23-15/h3-6,8-9,14H,7,10H2,1-2H3,(H,19,20). The highest BCUT2D eigenvalue weighted by Crippen LogP contribution is 2.36. The minimum absolute atomic E-state index is 0.156. The lowest BCUT2D eigenvalue weighted by Crippen LogP contribution is -2.15. The minimum atomic E-state index is -0.910. The van der Waals surface area contributed by atoms with Gasteiger partial charge in [-0.25, -0.2) is 0 Å². The number of carboxylic acids is 1. The monoisotopic (exact) mass is 330 g/mol. The molecule has 0 spiro atoms. The summed E-state index contributed by atoms with van der Waals surface area (Å²) >= 11 is 0. The largest absolute Gasteiger partial charge is 0.497 e. The predicted octanol–water partition coefficient (Wildman–Crippen LogP) is 2.84. The predicted molar refractivity (Wildman–Crippen MR) is 86.2 cm³/mol. The molecule has 2 aromatic rings. The first-order valence-electron chi connectivity index (χ1n) is 7.45. The molecule has 6 nitrogen and oxygen atoms in total. The Kier molecular flexibility index (Phi) is 4.46. The van der Waals surface area contributed by atoms with Crippen LogP contribution >= 0.6 is 0 Å². The molecule has 1 N–H and O–H groups in total. The molecule has 0 saturated heterocycles. The number of hydrogen-bond acceptors (Lipinski definition) is 5. The first kappa shape index (κ1) is 16.0. The van der Waals surface area contributed by atoms with Crippen molar-refractivity contribution in [1.29, 1.82) is 0 Å². The van der Waals surface area contributed by atoms with Gasteiger partial charge in [0.05, 0.1) is 20.1 Å². The summed E-state index contributed by atoms with van der Waals surface area (Å²) in [6.07, 6.45) is 0.294. The van der Waals surface area contributed by atoms with E-state index in [1.807, 2.05) is 6.07 Å². The van der Waals surface area contributed by atoms with Crippen molar-refractivity contribution in [2.24, 2.45) is 0 Å². The Hall–Kier alpha value is -2.89. The molecule has 24 heavy (non-hydrogen) atoms.